The number of hydrogen-bond acceptors (Lipinski definition) is 4. The van der Waals surface area contributed by atoms with Gasteiger partial charge in [-0.05, 0) is 58.0 Å². The average molecular weight is 463 g/mol. The van der Waals surface area contributed by atoms with Gasteiger partial charge in [0.25, 0.3) is 0 Å². The largest absolute Gasteiger partial charge is 0.490 e. The minimum Gasteiger partial charge on any atom is -0.475 e. The van der Waals surface area contributed by atoms with Crippen LogP contribution in [0.4, 0.5) is 18.0 Å². The van der Waals surface area contributed by atoms with Crippen molar-refractivity contribution in [2.45, 2.75) is 63.1 Å². The molecule has 3 amide bonds. The van der Waals surface area contributed by atoms with Gasteiger partial charge in [-0.2, -0.15) is 13.2 Å². The van der Waals surface area contributed by atoms with Crippen molar-refractivity contribution in [1.82, 2.24) is 19.6 Å². The van der Waals surface area contributed by atoms with E-state index in [0.29, 0.717) is 12.3 Å². The van der Waals surface area contributed by atoms with Crippen LogP contribution in [0, 0.1) is 0 Å². The number of carboxylic acid groups (broad SMARTS) is 1. The van der Waals surface area contributed by atoms with E-state index in [0.717, 1.165) is 71.4 Å². The van der Waals surface area contributed by atoms with Crippen LogP contribution in [0.5, 0.6) is 0 Å². The third kappa shape index (κ3) is 5.85. The number of carboxylic acids is 1. The standard InChI is InChI=1S/C19H32N4O2.C2HF3O2/c24-17-5-6-19(23(17)16-15-20-9-1-2-10-20)7-13-22(14-8-19)18(25)21-11-3-4-12-21;3-2(4,5)1(6)7/h1-16H2;(H,6,7). The lowest BCUT2D eigenvalue weighted by Gasteiger charge is -2.46. The Morgan fingerprint density at radius 2 is 1.34 bits per heavy atom. The molecule has 4 fully saturated rings. The van der Waals surface area contributed by atoms with Gasteiger partial charge in [0.1, 0.15) is 0 Å². The highest BCUT2D eigenvalue weighted by atomic mass is 19.4. The number of hydrogen-bond donors (Lipinski definition) is 1. The number of nitrogens with zero attached hydrogens (tertiary/aromatic N) is 4. The number of amides is 3. The third-order valence-electron chi connectivity index (χ3n) is 7.10. The molecule has 32 heavy (non-hydrogen) atoms. The number of rotatable bonds is 3. The van der Waals surface area contributed by atoms with Gasteiger partial charge in [0.2, 0.25) is 5.91 Å². The lowest BCUT2D eigenvalue weighted by molar-refractivity contribution is -0.192. The Morgan fingerprint density at radius 1 is 0.844 bits per heavy atom. The van der Waals surface area contributed by atoms with Gasteiger partial charge in [-0.1, -0.05) is 0 Å². The summed E-state index contributed by atoms with van der Waals surface area (Å²) in [5.41, 5.74) is 0.0264. The molecule has 0 atom stereocenters. The van der Waals surface area contributed by atoms with Crippen LogP contribution >= 0.6 is 0 Å². The normalized spacial score (nSPS) is 23.6. The maximum atomic E-state index is 12.6. The van der Waals surface area contributed by atoms with Gasteiger partial charge in [-0.3, -0.25) is 4.79 Å². The van der Waals surface area contributed by atoms with Crippen molar-refractivity contribution in [2.75, 3.05) is 52.4 Å². The van der Waals surface area contributed by atoms with Gasteiger partial charge in [0, 0.05) is 51.2 Å². The predicted octanol–water partition coefficient (Wildman–Crippen LogP) is 2.39. The van der Waals surface area contributed by atoms with Gasteiger partial charge < -0.3 is 24.7 Å². The Hall–Kier alpha value is -2.04. The molecule has 0 aromatic carbocycles. The number of carbonyl (C=O) groups excluding carboxylic acids is 2. The van der Waals surface area contributed by atoms with E-state index in [2.05, 4.69) is 9.80 Å². The van der Waals surface area contributed by atoms with Crippen molar-refractivity contribution in [3.05, 3.63) is 0 Å². The van der Waals surface area contributed by atoms with E-state index >= 15 is 0 Å². The fraction of sp³-hybridized carbons (Fsp3) is 0.857. The summed E-state index contributed by atoms with van der Waals surface area (Å²) in [5, 5.41) is 7.12. The average Bonchev–Trinajstić information content (AvgIpc) is 3.50. The number of carbonyl (C=O) groups is 3. The molecule has 0 saturated carbocycles. The van der Waals surface area contributed by atoms with E-state index in [1.807, 2.05) is 9.80 Å². The Kier molecular flexibility index (Phi) is 7.89. The SMILES string of the molecule is O=C(N1CCCC1)N1CCC2(CCC(=O)N2CCN2CCCC2)CC1.O=C(O)C(F)(F)F. The fourth-order valence-electron chi connectivity index (χ4n) is 5.23. The molecule has 1 N–H and O–H groups in total. The van der Waals surface area contributed by atoms with Crippen molar-refractivity contribution < 1.29 is 32.7 Å². The van der Waals surface area contributed by atoms with E-state index in [1.54, 1.807) is 0 Å². The van der Waals surface area contributed by atoms with Crippen LogP contribution in [0.15, 0.2) is 0 Å². The molecule has 4 aliphatic rings. The number of aliphatic carboxylic acids is 1. The lowest BCUT2D eigenvalue weighted by atomic mass is 9.85. The molecule has 4 saturated heterocycles. The lowest BCUT2D eigenvalue weighted by Crippen LogP contribution is -2.56. The summed E-state index contributed by atoms with van der Waals surface area (Å²) in [5.74, 6) is -2.42. The molecule has 4 rings (SSSR count). The number of halogens is 3. The van der Waals surface area contributed by atoms with E-state index in [1.165, 1.54) is 25.9 Å². The highest BCUT2D eigenvalue weighted by molar-refractivity contribution is 5.80. The number of alkyl halides is 3. The van der Waals surface area contributed by atoms with Crippen molar-refractivity contribution in [3.63, 3.8) is 0 Å². The zero-order valence-corrected chi connectivity index (χ0v) is 18.4. The van der Waals surface area contributed by atoms with Gasteiger partial charge in [0.15, 0.2) is 0 Å². The third-order valence-corrected chi connectivity index (χ3v) is 7.10. The Balaban J connectivity index is 0.000000360. The van der Waals surface area contributed by atoms with E-state index in [9.17, 15) is 22.8 Å². The second kappa shape index (κ2) is 10.3. The molecular weight excluding hydrogens is 429 g/mol. The maximum absolute atomic E-state index is 12.6. The van der Waals surface area contributed by atoms with Crippen LogP contribution in [-0.4, -0.2) is 107 Å². The zero-order valence-electron chi connectivity index (χ0n) is 18.4. The Labute approximate surface area is 186 Å². The Morgan fingerprint density at radius 3 is 1.88 bits per heavy atom. The highest BCUT2D eigenvalue weighted by Crippen LogP contribution is 2.39. The molecule has 0 radical (unpaired) electrons. The van der Waals surface area contributed by atoms with Crippen molar-refractivity contribution in [3.8, 4) is 0 Å². The van der Waals surface area contributed by atoms with Crippen LogP contribution in [0.1, 0.15) is 51.4 Å². The molecule has 182 valence electrons. The number of piperidine rings is 1. The molecule has 0 unspecified atom stereocenters. The van der Waals surface area contributed by atoms with Crippen LogP contribution in [0.3, 0.4) is 0 Å². The minimum atomic E-state index is -5.08. The maximum Gasteiger partial charge on any atom is 0.490 e. The van der Waals surface area contributed by atoms with E-state index in [-0.39, 0.29) is 11.6 Å². The second-order valence-corrected chi connectivity index (χ2v) is 9.09. The summed E-state index contributed by atoms with van der Waals surface area (Å²) in [7, 11) is 0. The summed E-state index contributed by atoms with van der Waals surface area (Å²) in [6.45, 7) is 7.72. The summed E-state index contributed by atoms with van der Waals surface area (Å²) >= 11 is 0. The zero-order chi connectivity index (χ0) is 23.4. The molecule has 8 nitrogen and oxygen atoms in total. The Bertz CT molecular complexity index is 683. The molecule has 4 aliphatic heterocycles. The van der Waals surface area contributed by atoms with Crippen molar-refractivity contribution in [2.24, 2.45) is 0 Å². The number of urea groups is 1. The summed E-state index contributed by atoms with van der Waals surface area (Å²) in [6, 6.07) is 0.222. The highest BCUT2D eigenvalue weighted by Gasteiger charge is 2.47. The minimum absolute atomic E-state index is 0.0264. The van der Waals surface area contributed by atoms with Gasteiger partial charge >= 0.3 is 18.2 Å². The van der Waals surface area contributed by atoms with Crippen LogP contribution in [-0.2, 0) is 9.59 Å². The van der Waals surface area contributed by atoms with Crippen LogP contribution in [0.2, 0.25) is 0 Å². The first kappa shape index (κ1) is 24.6. The summed E-state index contributed by atoms with van der Waals surface area (Å²) in [4.78, 5) is 42.7. The van der Waals surface area contributed by atoms with Gasteiger partial charge in [-0.15, -0.1) is 0 Å². The molecule has 1 spiro atoms. The van der Waals surface area contributed by atoms with Gasteiger partial charge in [-0.25, -0.2) is 9.59 Å². The molecule has 0 aliphatic carbocycles. The summed E-state index contributed by atoms with van der Waals surface area (Å²) in [6.07, 6.45) is 3.39. The first-order valence-corrected chi connectivity index (χ1v) is 11.5. The molecule has 0 aromatic heterocycles. The predicted molar refractivity (Wildman–Crippen MR) is 110 cm³/mol. The molecule has 11 heteroatoms. The van der Waals surface area contributed by atoms with Crippen molar-refractivity contribution >= 4 is 17.9 Å². The van der Waals surface area contributed by atoms with E-state index in [4.69, 9.17) is 9.90 Å². The fourth-order valence-corrected chi connectivity index (χ4v) is 5.23. The second-order valence-electron chi connectivity index (χ2n) is 9.09. The summed E-state index contributed by atoms with van der Waals surface area (Å²) < 4.78 is 31.7. The topological polar surface area (TPSA) is 84.4 Å². The molecule has 0 aromatic rings. The smallest absolute Gasteiger partial charge is 0.475 e. The molecular formula is C21H33F3N4O4. The monoisotopic (exact) mass is 462 g/mol. The van der Waals surface area contributed by atoms with Gasteiger partial charge in [0.05, 0.1) is 0 Å². The van der Waals surface area contributed by atoms with Crippen molar-refractivity contribution in [1.29, 1.82) is 0 Å². The van der Waals surface area contributed by atoms with E-state index < -0.39 is 12.1 Å². The first-order valence-electron chi connectivity index (χ1n) is 11.5. The van der Waals surface area contributed by atoms with Crippen LogP contribution < -0.4 is 0 Å². The molecule has 0 bridgehead atoms. The quantitative estimate of drug-likeness (QED) is 0.696. The van der Waals surface area contributed by atoms with Crippen LogP contribution in [0.25, 0.3) is 0 Å². The molecule has 4 heterocycles. The first-order chi connectivity index (χ1) is 15.1. The number of likely N-dealkylation sites (tertiary alicyclic amines) is 4.